The third-order valence-electron chi connectivity index (χ3n) is 5.84. The van der Waals surface area contributed by atoms with E-state index >= 15 is 0 Å². The van der Waals surface area contributed by atoms with Crippen LogP contribution in [-0.4, -0.2) is 20.7 Å². The van der Waals surface area contributed by atoms with Crippen LogP contribution in [0.1, 0.15) is 51.6 Å². The van der Waals surface area contributed by atoms with Gasteiger partial charge >= 0.3 is 0 Å². The Kier molecular flexibility index (Phi) is 4.98. The minimum atomic E-state index is -0.108. The lowest BCUT2D eigenvalue weighted by atomic mass is 10.1. The van der Waals surface area contributed by atoms with Crippen molar-refractivity contribution in [2.75, 3.05) is 0 Å². The van der Waals surface area contributed by atoms with Gasteiger partial charge in [0.25, 0.3) is 5.91 Å². The highest BCUT2D eigenvalue weighted by Crippen LogP contribution is 2.41. The summed E-state index contributed by atoms with van der Waals surface area (Å²) in [7, 11) is 0. The highest BCUT2D eigenvalue weighted by Gasteiger charge is 2.29. The molecule has 0 spiro atoms. The number of hydrogen-bond acceptors (Lipinski definition) is 3. The van der Waals surface area contributed by atoms with Crippen LogP contribution in [0, 0.1) is 13.8 Å². The Bertz CT molecular complexity index is 1290. The Morgan fingerprint density at radius 1 is 1.13 bits per heavy atom. The van der Waals surface area contributed by atoms with E-state index in [0.717, 1.165) is 46.4 Å². The van der Waals surface area contributed by atoms with Crippen LogP contribution < -0.4 is 5.32 Å². The number of rotatable bonds is 5. The van der Waals surface area contributed by atoms with Gasteiger partial charge in [0, 0.05) is 23.2 Å². The quantitative estimate of drug-likeness (QED) is 0.455. The second kappa shape index (κ2) is 7.82. The summed E-state index contributed by atoms with van der Waals surface area (Å²) in [6, 6.07) is 17.6. The van der Waals surface area contributed by atoms with Crippen molar-refractivity contribution in [1.82, 2.24) is 20.1 Å². The minimum Gasteiger partial charge on any atom is -0.348 e. The van der Waals surface area contributed by atoms with Crippen molar-refractivity contribution < 1.29 is 4.79 Å². The molecule has 2 heterocycles. The smallest absolute Gasteiger partial charge is 0.252 e. The SMILES string of the molecule is Cc1c(Cl)cccc1-n1nc(C)c2c(C(=O)NCc3ccccc3)cc(C3CC3)nc21. The van der Waals surface area contributed by atoms with Crippen molar-refractivity contribution in [2.45, 2.75) is 39.2 Å². The summed E-state index contributed by atoms with van der Waals surface area (Å²) >= 11 is 6.37. The molecule has 1 amide bonds. The molecule has 5 nitrogen and oxygen atoms in total. The fraction of sp³-hybridized carbons (Fsp3) is 0.240. The number of nitrogens with one attached hydrogen (secondary N) is 1. The number of aryl methyl sites for hydroxylation is 1. The van der Waals surface area contributed by atoms with Gasteiger partial charge in [-0.1, -0.05) is 48.0 Å². The summed E-state index contributed by atoms with van der Waals surface area (Å²) in [5.74, 6) is 0.304. The number of nitrogens with zero attached hydrogens (tertiary/aromatic N) is 3. The number of halogens is 1. The van der Waals surface area contributed by atoms with E-state index in [-0.39, 0.29) is 5.91 Å². The summed E-state index contributed by atoms with van der Waals surface area (Å²) in [5, 5.41) is 9.29. The second-order valence-electron chi connectivity index (χ2n) is 8.12. The van der Waals surface area contributed by atoms with Crippen LogP contribution in [0.3, 0.4) is 0 Å². The summed E-state index contributed by atoms with van der Waals surface area (Å²) in [5.41, 5.74) is 5.94. The van der Waals surface area contributed by atoms with E-state index in [1.807, 2.05) is 73.1 Å². The van der Waals surface area contributed by atoms with Gasteiger partial charge in [0.2, 0.25) is 0 Å². The molecular weight excluding hydrogens is 408 g/mol. The molecule has 2 aromatic carbocycles. The maximum atomic E-state index is 13.2. The van der Waals surface area contributed by atoms with Crippen molar-refractivity contribution in [3.63, 3.8) is 0 Å². The highest BCUT2D eigenvalue weighted by molar-refractivity contribution is 6.31. The van der Waals surface area contributed by atoms with Crippen molar-refractivity contribution >= 4 is 28.5 Å². The summed E-state index contributed by atoms with van der Waals surface area (Å²) < 4.78 is 1.83. The first kappa shape index (κ1) is 19.8. The van der Waals surface area contributed by atoms with E-state index in [2.05, 4.69) is 5.32 Å². The second-order valence-corrected chi connectivity index (χ2v) is 8.52. The van der Waals surface area contributed by atoms with Crippen LogP contribution >= 0.6 is 11.6 Å². The van der Waals surface area contributed by atoms with E-state index in [0.29, 0.717) is 28.7 Å². The highest BCUT2D eigenvalue weighted by atomic mass is 35.5. The Labute approximate surface area is 186 Å². The number of hydrogen-bond donors (Lipinski definition) is 1. The molecule has 6 heteroatoms. The molecule has 1 N–H and O–H groups in total. The Balaban J connectivity index is 1.62. The molecule has 1 aliphatic rings. The lowest BCUT2D eigenvalue weighted by molar-refractivity contribution is 0.0952. The maximum Gasteiger partial charge on any atom is 0.252 e. The monoisotopic (exact) mass is 430 g/mol. The van der Waals surface area contributed by atoms with Crippen LogP contribution in [0.25, 0.3) is 16.7 Å². The standard InChI is InChI=1S/C25H23ClN4O/c1-15-20(26)9-6-10-22(15)30-24-23(16(2)29-30)19(13-21(28-24)18-11-12-18)25(31)27-14-17-7-4-3-5-8-17/h3-10,13,18H,11-12,14H2,1-2H3,(H,27,31). The van der Waals surface area contributed by atoms with Gasteiger partial charge in [0.1, 0.15) is 0 Å². The van der Waals surface area contributed by atoms with Crippen LogP contribution in [0.2, 0.25) is 5.02 Å². The molecule has 4 aromatic rings. The van der Waals surface area contributed by atoms with E-state index < -0.39 is 0 Å². The zero-order chi connectivity index (χ0) is 21.5. The Morgan fingerprint density at radius 3 is 2.65 bits per heavy atom. The van der Waals surface area contributed by atoms with Gasteiger partial charge in [-0.2, -0.15) is 5.10 Å². The molecule has 1 saturated carbocycles. The molecule has 1 fully saturated rings. The molecule has 0 bridgehead atoms. The number of carbonyl (C=O) groups is 1. The molecule has 2 aromatic heterocycles. The van der Waals surface area contributed by atoms with E-state index in [4.69, 9.17) is 21.7 Å². The van der Waals surface area contributed by atoms with Gasteiger partial charge in [-0.15, -0.1) is 0 Å². The van der Waals surface area contributed by atoms with Gasteiger partial charge in [-0.3, -0.25) is 4.79 Å². The fourth-order valence-electron chi connectivity index (χ4n) is 3.94. The van der Waals surface area contributed by atoms with Crippen molar-refractivity contribution in [2.24, 2.45) is 0 Å². The van der Waals surface area contributed by atoms with Crippen LogP contribution in [-0.2, 0) is 6.54 Å². The molecule has 1 aliphatic carbocycles. The predicted molar refractivity (Wildman–Crippen MR) is 123 cm³/mol. The number of carbonyl (C=O) groups excluding carboxylic acids is 1. The number of amides is 1. The molecule has 0 aliphatic heterocycles. The van der Waals surface area contributed by atoms with Gasteiger partial charge in [0.15, 0.2) is 5.65 Å². The Morgan fingerprint density at radius 2 is 1.90 bits per heavy atom. The zero-order valence-corrected chi connectivity index (χ0v) is 18.3. The molecule has 0 saturated heterocycles. The van der Waals surface area contributed by atoms with Gasteiger partial charge < -0.3 is 5.32 Å². The first-order valence-corrected chi connectivity index (χ1v) is 10.9. The number of fused-ring (bicyclic) bond motifs is 1. The lowest BCUT2D eigenvalue weighted by Crippen LogP contribution is -2.23. The van der Waals surface area contributed by atoms with Gasteiger partial charge in [-0.05, 0) is 56.0 Å². The number of pyridine rings is 1. The lowest BCUT2D eigenvalue weighted by Gasteiger charge is -2.11. The third-order valence-corrected chi connectivity index (χ3v) is 6.25. The van der Waals surface area contributed by atoms with E-state index in [1.165, 1.54) is 0 Å². The van der Waals surface area contributed by atoms with Crippen molar-refractivity contribution in [3.05, 3.63) is 87.7 Å². The van der Waals surface area contributed by atoms with Crippen molar-refractivity contribution in [1.29, 1.82) is 0 Å². The first-order chi connectivity index (χ1) is 15.0. The number of benzene rings is 2. The molecule has 0 atom stereocenters. The molecule has 31 heavy (non-hydrogen) atoms. The van der Waals surface area contributed by atoms with Gasteiger partial charge in [0.05, 0.1) is 22.3 Å². The first-order valence-electron chi connectivity index (χ1n) is 10.5. The summed E-state index contributed by atoms with van der Waals surface area (Å²) in [6.07, 6.45) is 2.21. The molecular formula is C25H23ClN4O. The van der Waals surface area contributed by atoms with Crippen molar-refractivity contribution in [3.8, 4) is 5.69 Å². The molecule has 0 unspecified atom stereocenters. The van der Waals surface area contributed by atoms with Crippen LogP contribution in [0.15, 0.2) is 54.6 Å². The largest absolute Gasteiger partial charge is 0.348 e. The molecule has 5 rings (SSSR count). The van der Waals surface area contributed by atoms with E-state index in [9.17, 15) is 4.79 Å². The average molecular weight is 431 g/mol. The Hall–Kier alpha value is -3.18. The fourth-order valence-corrected chi connectivity index (χ4v) is 4.11. The van der Waals surface area contributed by atoms with E-state index in [1.54, 1.807) is 0 Å². The normalized spacial score (nSPS) is 13.5. The minimum absolute atomic E-state index is 0.108. The molecule has 0 radical (unpaired) electrons. The maximum absolute atomic E-state index is 13.2. The van der Waals surface area contributed by atoms with Crippen LogP contribution in [0.5, 0.6) is 0 Å². The zero-order valence-electron chi connectivity index (χ0n) is 17.5. The topological polar surface area (TPSA) is 59.8 Å². The average Bonchev–Trinajstić information content (AvgIpc) is 3.58. The molecule has 156 valence electrons. The summed E-state index contributed by atoms with van der Waals surface area (Å²) in [4.78, 5) is 18.2. The number of aromatic nitrogens is 3. The summed E-state index contributed by atoms with van der Waals surface area (Å²) in [6.45, 7) is 4.37. The third kappa shape index (κ3) is 3.70. The predicted octanol–water partition coefficient (Wildman–Crippen LogP) is 5.50. The van der Waals surface area contributed by atoms with Crippen LogP contribution in [0.4, 0.5) is 0 Å². The van der Waals surface area contributed by atoms with Gasteiger partial charge in [-0.25, -0.2) is 9.67 Å².